The number of aliphatic hydroxyl groups is 1. The highest BCUT2D eigenvalue weighted by Gasteiger charge is 2.45. The normalized spacial score (nSPS) is 19.6. The van der Waals surface area contributed by atoms with E-state index in [-0.39, 0.29) is 37.1 Å². The SMILES string of the molecule is COC(=O)Nc1ccc([N+]2([O-])CCC(C(O)(c3ccc(OC(F)(F)F)cc3)c3ccc(OC(F)(F)F)cc3)CC2)cc1. The van der Waals surface area contributed by atoms with Gasteiger partial charge >= 0.3 is 18.8 Å². The van der Waals surface area contributed by atoms with Crippen molar-refractivity contribution < 1.29 is 50.5 Å². The Morgan fingerprint density at radius 3 is 1.62 bits per heavy atom. The van der Waals surface area contributed by atoms with E-state index in [0.29, 0.717) is 11.4 Å². The van der Waals surface area contributed by atoms with Crippen LogP contribution in [0.3, 0.4) is 0 Å². The topological polar surface area (TPSA) is 100 Å². The summed E-state index contributed by atoms with van der Waals surface area (Å²) in [6, 6.07) is 15.3. The number of methoxy groups -OCH3 is 1. The van der Waals surface area contributed by atoms with Crippen molar-refractivity contribution in [3.63, 3.8) is 0 Å². The van der Waals surface area contributed by atoms with E-state index in [2.05, 4.69) is 19.5 Å². The van der Waals surface area contributed by atoms with E-state index in [1.165, 1.54) is 31.4 Å². The molecule has 1 aliphatic heterocycles. The summed E-state index contributed by atoms with van der Waals surface area (Å²) >= 11 is 0. The third kappa shape index (κ3) is 7.24. The van der Waals surface area contributed by atoms with E-state index in [4.69, 9.17) is 0 Å². The summed E-state index contributed by atoms with van der Waals surface area (Å²) in [5.41, 5.74) is -0.744. The number of benzene rings is 3. The monoisotopic (exact) mass is 600 g/mol. The summed E-state index contributed by atoms with van der Waals surface area (Å²) in [6.07, 6.45) is -10.2. The van der Waals surface area contributed by atoms with E-state index >= 15 is 0 Å². The largest absolute Gasteiger partial charge is 0.627 e. The number of hydrogen-bond donors (Lipinski definition) is 2. The molecule has 0 atom stereocenters. The number of piperidine rings is 1. The Morgan fingerprint density at radius 1 is 0.810 bits per heavy atom. The lowest BCUT2D eigenvalue weighted by molar-refractivity contribution is -0.275. The van der Waals surface area contributed by atoms with Gasteiger partial charge in [0.15, 0.2) is 0 Å². The van der Waals surface area contributed by atoms with Crippen LogP contribution < -0.4 is 19.4 Å². The van der Waals surface area contributed by atoms with Gasteiger partial charge in [-0.25, -0.2) is 4.79 Å². The zero-order valence-electron chi connectivity index (χ0n) is 22.0. The third-order valence-corrected chi connectivity index (χ3v) is 7.09. The van der Waals surface area contributed by atoms with Gasteiger partial charge in [0.05, 0.1) is 20.2 Å². The number of nitrogens with zero attached hydrogens (tertiary/aromatic N) is 1. The van der Waals surface area contributed by atoms with Gasteiger partial charge in [-0.05, 0) is 47.5 Å². The summed E-state index contributed by atoms with van der Waals surface area (Å²) in [7, 11) is 1.21. The van der Waals surface area contributed by atoms with Crippen LogP contribution in [0.25, 0.3) is 0 Å². The molecule has 0 bridgehead atoms. The average molecular weight is 601 g/mol. The van der Waals surface area contributed by atoms with E-state index in [1.54, 1.807) is 24.3 Å². The number of quaternary nitrogens is 1. The van der Waals surface area contributed by atoms with Gasteiger partial charge in [-0.2, -0.15) is 0 Å². The van der Waals surface area contributed by atoms with Crippen LogP contribution in [0, 0.1) is 11.1 Å². The van der Waals surface area contributed by atoms with Crippen molar-refractivity contribution in [3.8, 4) is 11.5 Å². The first-order valence-corrected chi connectivity index (χ1v) is 12.6. The van der Waals surface area contributed by atoms with Crippen LogP contribution in [-0.2, 0) is 10.3 Å². The quantitative estimate of drug-likeness (QED) is 0.176. The van der Waals surface area contributed by atoms with Crippen LogP contribution in [0.1, 0.15) is 24.0 Å². The number of anilines is 1. The van der Waals surface area contributed by atoms with Crippen molar-refractivity contribution in [2.24, 2.45) is 5.92 Å². The van der Waals surface area contributed by atoms with Gasteiger partial charge in [-0.15, -0.1) is 26.3 Å². The van der Waals surface area contributed by atoms with Gasteiger partial charge in [0.1, 0.15) is 22.8 Å². The van der Waals surface area contributed by atoms with Crippen molar-refractivity contribution in [1.82, 2.24) is 4.65 Å². The third-order valence-electron chi connectivity index (χ3n) is 7.09. The predicted molar refractivity (Wildman–Crippen MR) is 139 cm³/mol. The Morgan fingerprint density at radius 2 is 1.24 bits per heavy atom. The molecule has 0 unspecified atom stereocenters. The Labute approximate surface area is 236 Å². The molecule has 4 rings (SSSR count). The molecule has 226 valence electrons. The summed E-state index contributed by atoms with van der Waals surface area (Å²) < 4.78 is 87.7. The number of carbonyl (C=O) groups is 1. The van der Waals surface area contributed by atoms with Crippen LogP contribution in [-0.4, -0.2) is 44.1 Å². The van der Waals surface area contributed by atoms with Crippen molar-refractivity contribution in [3.05, 3.63) is 89.1 Å². The first-order chi connectivity index (χ1) is 19.6. The fourth-order valence-corrected chi connectivity index (χ4v) is 5.11. The molecule has 3 aromatic rings. The maximum absolute atomic E-state index is 13.7. The molecule has 14 heteroatoms. The highest BCUT2D eigenvalue weighted by atomic mass is 19.4. The molecule has 1 aliphatic rings. The molecule has 1 fully saturated rings. The molecule has 8 nitrogen and oxygen atoms in total. The number of carbonyl (C=O) groups excluding carboxylic acids is 1. The highest BCUT2D eigenvalue weighted by Crippen LogP contribution is 2.45. The Balaban J connectivity index is 1.61. The number of ether oxygens (including phenoxy) is 3. The summed E-state index contributed by atoms with van der Waals surface area (Å²) in [5, 5.41) is 28.3. The lowest BCUT2D eigenvalue weighted by Gasteiger charge is -2.50. The summed E-state index contributed by atoms with van der Waals surface area (Å²) in [5.74, 6) is -1.68. The van der Waals surface area contributed by atoms with E-state index in [0.717, 1.165) is 24.3 Å². The van der Waals surface area contributed by atoms with E-state index in [1.807, 2.05) is 0 Å². The Hall–Kier alpha value is -4.01. The second-order valence-corrected chi connectivity index (χ2v) is 9.69. The second-order valence-electron chi connectivity index (χ2n) is 9.69. The number of hydrogen-bond acceptors (Lipinski definition) is 6. The number of nitrogens with one attached hydrogen (secondary N) is 1. The molecule has 2 N–H and O–H groups in total. The van der Waals surface area contributed by atoms with Gasteiger partial charge in [0, 0.05) is 36.6 Å². The molecular weight excluding hydrogens is 574 g/mol. The lowest BCUT2D eigenvalue weighted by Crippen LogP contribution is -2.53. The molecule has 0 saturated carbocycles. The smallest absolute Gasteiger partial charge is 0.573 e. The Bertz CT molecular complexity index is 1290. The number of halogens is 6. The first kappa shape index (κ1) is 30.9. The molecule has 3 aromatic carbocycles. The maximum Gasteiger partial charge on any atom is 0.573 e. The van der Waals surface area contributed by atoms with Crippen molar-refractivity contribution in [2.45, 2.75) is 31.2 Å². The van der Waals surface area contributed by atoms with Crippen LogP contribution in [0.15, 0.2) is 72.8 Å². The van der Waals surface area contributed by atoms with Crippen molar-refractivity contribution >= 4 is 17.5 Å². The number of amides is 1. The van der Waals surface area contributed by atoms with Gasteiger partial charge in [-0.3, -0.25) is 5.32 Å². The molecular formula is C28H26F6N2O6. The molecule has 0 radical (unpaired) electrons. The van der Waals surface area contributed by atoms with E-state index in [9.17, 15) is 41.5 Å². The minimum Gasteiger partial charge on any atom is -0.627 e. The summed E-state index contributed by atoms with van der Waals surface area (Å²) in [4.78, 5) is 11.4. The van der Waals surface area contributed by atoms with Gasteiger partial charge in [-0.1, -0.05) is 24.3 Å². The van der Waals surface area contributed by atoms with Crippen molar-refractivity contribution in [2.75, 3.05) is 25.5 Å². The first-order valence-electron chi connectivity index (χ1n) is 12.6. The summed E-state index contributed by atoms with van der Waals surface area (Å²) in [6.45, 7) is 0.0303. The second kappa shape index (κ2) is 11.7. The van der Waals surface area contributed by atoms with Crippen LogP contribution in [0.4, 0.5) is 42.5 Å². The molecule has 0 spiro atoms. The van der Waals surface area contributed by atoms with Gasteiger partial charge in [0.2, 0.25) is 0 Å². The standard InChI is InChI=1S/C28H26F6N2O6/c1-40-25(37)35-21-6-8-22(9-7-21)36(39)16-14-20(15-17-36)26(38,18-2-10-23(11-3-18)41-27(29,30)31)19-4-12-24(13-5-19)42-28(32,33)34/h2-13,20,38H,14-17H2,1H3,(H,35,37). The molecule has 0 aromatic heterocycles. The number of hydroxylamine groups is 2. The minimum absolute atomic E-state index is 0.0152. The lowest BCUT2D eigenvalue weighted by atomic mass is 9.72. The molecule has 0 aliphatic carbocycles. The fourth-order valence-electron chi connectivity index (χ4n) is 5.11. The predicted octanol–water partition coefficient (Wildman–Crippen LogP) is 6.81. The zero-order chi connectivity index (χ0) is 30.8. The average Bonchev–Trinajstić information content (AvgIpc) is 2.92. The minimum atomic E-state index is -4.93. The maximum atomic E-state index is 13.7. The van der Waals surface area contributed by atoms with Crippen LogP contribution in [0.2, 0.25) is 0 Å². The Kier molecular flexibility index (Phi) is 8.62. The van der Waals surface area contributed by atoms with Crippen LogP contribution in [0.5, 0.6) is 11.5 Å². The number of rotatable bonds is 7. The molecule has 1 heterocycles. The molecule has 1 amide bonds. The molecule has 1 saturated heterocycles. The van der Waals surface area contributed by atoms with Crippen molar-refractivity contribution in [1.29, 1.82) is 0 Å². The highest BCUT2D eigenvalue weighted by molar-refractivity contribution is 5.84. The van der Waals surface area contributed by atoms with Gasteiger partial charge < -0.3 is 29.2 Å². The fraction of sp³-hybridized carbons (Fsp3) is 0.321. The van der Waals surface area contributed by atoms with Gasteiger partial charge in [0.25, 0.3) is 0 Å². The van der Waals surface area contributed by atoms with E-state index < -0.39 is 46.5 Å². The zero-order valence-corrected chi connectivity index (χ0v) is 22.0. The molecule has 42 heavy (non-hydrogen) atoms. The number of alkyl halides is 6. The van der Waals surface area contributed by atoms with Crippen LogP contribution >= 0.6 is 0 Å².